The molecule has 1 amide bonds. The lowest BCUT2D eigenvalue weighted by Crippen LogP contribution is -2.55. The Balaban J connectivity index is 1.65. The smallest absolute Gasteiger partial charge is 0.342 e. The highest BCUT2D eigenvalue weighted by molar-refractivity contribution is 7.89. The van der Waals surface area contributed by atoms with Crippen molar-refractivity contribution >= 4 is 21.9 Å². The lowest BCUT2D eigenvalue weighted by atomic mass is 10.1. The molecule has 0 bridgehead atoms. The van der Waals surface area contributed by atoms with Gasteiger partial charge >= 0.3 is 5.97 Å². The number of aryl methyl sites for hydroxylation is 1. The number of halogens is 1. The zero-order valence-corrected chi connectivity index (χ0v) is 23.1. The molecular formula is C28H31FN4O5S. The second-order valence-electron chi connectivity index (χ2n) is 9.88. The maximum Gasteiger partial charge on any atom is 0.342 e. The van der Waals surface area contributed by atoms with Crippen LogP contribution in [0.25, 0.3) is 11.4 Å². The first-order valence-electron chi connectivity index (χ1n) is 12.7. The Morgan fingerprint density at radius 3 is 2.33 bits per heavy atom. The quantitative estimate of drug-likeness (QED) is 0.407. The Morgan fingerprint density at radius 2 is 1.72 bits per heavy atom. The standard InChI is InChI=1S/C28H31FN4O5S/c1-18(2)17-38-28(35)24-20(4)30-26(21-8-6-5-7-9-21)31-25(24)27(34)32-14-15-33(19(3)16-32)39(36,37)23-12-10-22(29)11-13-23/h5-13,18-19H,14-17H2,1-4H3. The molecule has 4 rings (SSSR count). The van der Waals surface area contributed by atoms with Crippen molar-refractivity contribution in [1.29, 1.82) is 0 Å². The maximum absolute atomic E-state index is 13.8. The van der Waals surface area contributed by atoms with Gasteiger partial charge in [0.05, 0.1) is 17.2 Å². The van der Waals surface area contributed by atoms with Gasteiger partial charge < -0.3 is 9.64 Å². The zero-order chi connectivity index (χ0) is 28.3. The number of carbonyl (C=O) groups excluding carboxylic acids is 2. The summed E-state index contributed by atoms with van der Waals surface area (Å²) in [5, 5.41) is 0. The summed E-state index contributed by atoms with van der Waals surface area (Å²) in [6, 6.07) is 13.2. The number of carbonyl (C=O) groups is 2. The van der Waals surface area contributed by atoms with Gasteiger partial charge in [0, 0.05) is 31.2 Å². The topological polar surface area (TPSA) is 110 Å². The van der Waals surface area contributed by atoms with Gasteiger partial charge in [-0.1, -0.05) is 44.2 Å². The van der Waals surface area contributed by atoms with Crippen LogP contribution < -0.4 is 0 Å². The molecule has 1 unspecified atom stereocenters. The first kappa shape index (κ1) is 28.3. The van der Waals surface area contributed by atoms with E-state index < -0.39 is 33.8 Å². The number of benzene rings is 2. The van der Waals surface area contributed by atoms with Crippen molar-refractivity contribution in [3.05, 3.63) is 77.4 Å². The number of amides is 1. The Hall–Kier alpha value is -3.70. The van der Waals surface area contributed by atoms with Crippen molar-refractivity contribution in [3.8, 4) is 11.4 Å². The van der Waals surface area contributed by atoms with Crippen molar-refractivity contribution in [2.24, 2.45) is 5.92 Å². The van der Waals surface area contributed by atoms with E-state index in [2.05, 4.69) is 9.97 Å². The van der Waals surface area contributed by atoms with Gasteiger partial charge in [-0.25, -0.2) is 27.6 Å². The van der Waals surface area contributed by atoms with E-state index in [1.165, 1.54) is 21.3 Å². The Kier molecular flexibility index (Phi) is 8.41. The van der Waals surface area contributed by atoms with Crippen LogP contribution in [-0.4, -0.2) is 71.8 Å². The molecule has 3 aromatic rings. The van der Waals surface area contributed by atoms with Crippen LogP contribution in [0.15, 0.2) is 59.5 Å². The molecule has 1 aliphatic rings. The Morgan fingerprint density at radius 1 is 1.05 bits per heavy atom. The van der Waals surface area contributed by atoms with E-state index in [4.69, 9.17) is 4.74 Å². The van der Waals surface area contributed by atoms with Gasteiger partial charge in [-0.3, -0.25) is 4.79 Å². The van der Waals surface area contributed by atoms with Crippen LogP contribution in [0.2, 0.25) is 0 Å². The maximum atomic E-state index is 13.8. The fourth-order valence-electron chi connectivity index (χ4n) is 4.38. The van der Waals surface area contributed by atoms with Gasteiger partial charge in [0.15, 0.2) is 5.82 Å². The van der Waals surface area contributed by atoms with Crippen LogP contribution in [0.4, 0.5) is 4.39 Å². The predicted molar refractivity (Wildman–Crippen MR) is 143 cm³/mol. The van der Waals surface area contributed by atoms with E-state index in [0.29, 0.717) is 17.1 Å². The van der Waals surface area contributed by atoms with Gasteiger partial charge in [0.2, 0.25) is 10.0 Å². The van der Waals surface area contributed by atoms with E-state index >= 15 is 0 Å². The third kappa shape index (κ3) is 6.15. The lowest BCUT2D eigenvalue weighted by molar-refractivity contribution is 0.0447. The summed E-state index contributed by atoms with van der Waals surface area (Å²) in [5.41, 5.74) is 0.901. The molecule has 0 N–H and O–H groups in total. The molecule has 39 heavy (non-hydrogen) atoms. The summed E-state index contributed by atoms with van der Waals surface area (Å²) in [6.45, 7) is 7.48. The van der Waals surface area contributed by atoms with E-state index in [0.717, 1.165) is 12.1 Å². The minimum absolute atomic E-state index is 0.00523. The normalized spacial score (nSPS) is 16.4. The number of nitrogens with zero attached hydrogens (tertiary/aromatic N) is 4. The van der Waals surface area contributed by atoms with Crippen molar-refractivity contribution in [2.75, 3.05) is 26.2 Å². The van der Waals surface area contributed by atoms with Crippen molar-refractivity contribution < 1.29 is 27.1 Å². The van der Waals surface area contributed by atoms with Crippen molar-refractivity contribution in [1.82, 2.24) is 19.2 Å². The van der Waals surface area contributed by atoms with Crippen LogP contribution in [0.5, 0.6) is 0 Å². The number of aromatic nitrogens is 2. The molecule has 11 heteroatoms. The highest BCUT2D eigenvalue weighted by Crippen LogP contribution is 2.25. The molecule has 1 atom stereocenters. The van der Waals surface area contributed by atoms with Gasteiger partial charge in [-0.2, -0.15) is 4.31 Å². The number of hydrogen-bond donors (Lipinski definition) is 0. The summed E-state index contributed by atoms with van der Waals surface area (Å²) >= 11 is 0. The number of rotatable bonds is 7. The fraction of sp³-hybridized carbons (Fsp3) is 0.357. The number of esters is 1. The Labute approximate surface area is 227 Å². The predicted octanol–water partition coefficient (Wildman–Crippen LogP) is 3.94. The minimum Gasteiger partial charge on any atom is -0.462 e. The zero-order valence-electron chi connectivity index (χ0n) is 22.3. The molecule has 9 nitrogen and oxygen atoms in total. The van der Waals surface area contributed by atoms with E-state index in [1.54, 1.807) is 26.0 Å². The van der Waals surface area contributed by atoms with Crippen LogP contribution in [-0.2, 0) is 14.8 Å². The van der Waals surface area contributed by atoms with E-state index in [-0.39, 0.29) is 48.3 Å². The highest BCUT2D eigenvalue weighted by atomic mass is 32.2. The van der Waals surface area contributed by atoms with Crippen LogP contribution in [0, 0.1) is 18.7 Å². The third-order valence-electron chi connectivity index (χ3n) is 6.35. The average Bonchev–Trinajstić information content (AvgIpc) is 2.91. The average molecular weight is 555 g/mol. The fourth-order valence-corrected chi connectivity index (χ4v) is 5.99. The SMILES string of the molecule is Cc1nc(-c2ccccc2)nc(C(=O)N2CCN(S(=O)(=O)c3ccc(F)cc3)C(C)C2)c1C(=O)OCC(C)C. The summed E-state index contributed by atoms with van der Waals surface area (Å²) < 4.78 is 46.4. The third-order valence-corrected chi connectivity index (χ3v) is 8.38. The van der Waals surface area contributed by atoms with Crippen LogP contribution in [0.1, 0.15) is 47.3 Å². The number of hydrogen-bond acceptors (Lipinski definition) is 7. The first-order valence-corrected chi connectivity index (χ1v) is 14.1. The molecule has 1 saturated heterocycles. The molecule has 0 spiro atoms. The number of piperazine rings is 1. The monoisotopic (exact) mass is 554 g/mol. The van der Waals surface area contributed by atoms with Gasteiger partial charge in [-0.15, -0.1) is 0 Å². The second kappa shape index (κ2) is 11.6. The molecule has 2 heterocycles. The summed E-state index contributed by atoms with van der Waals surface area (Å²) in [7, 11) is -3.90. The number of ether oxygens (including phenoxy) is 1. The van der Waals surface area contributed by atoms with Gasteiger partial charge in [-0.05, 0) is 44.0 Å². The molecule has 0 saturated carbocycles. The Bertz CT molecular complexity index is 1460. The second-order valence-corrected chi connectivity index (χ2v) is 11.8. The highest BCUT2D eigenvalue weighted by Gasteiger charge is 2.37. The minimum atomic E-state index is -3.90. The lowest BCUT2D eigenvalue weighted by Gasteiger charge is -2.39. The van der Waals surface area contributed by atoms with E-state index in [9.17, 15) is 22.4 Å². The molecule has 2 aromatic carbocycles. The van der Waals surface area contributed by atoms with E-state index in [1.807, 2.05) is 32.0 Å². The van der Waals surface area contributed by atoms with Crippen LogP contribution in [0.3, 0.4) is 0 Å². The van der Waals surface area contributed by atoms with Gasteiger partial charge in [0.1, 0.15) is 17.1 Å². The summed E-state index contributed by atoms with van der Waals surface area (Å²) in [4.78, 5) is 37.3. The molecule has 0 radical (unpaired) electrons. The molecule has 1 fully saturated rings. The molecule has 1 aliphatic heterocycles. The van der Waals surface area contributed by atoms with Crippen LogP contribution >= 0.6 is 0 Å². The van der Waals surface area contributed by atoms with Gasteiger partial charge in [0.25, 0.3) is 5.91 Å². The molecular weight excluding hydrogens is 523 g/mol. The molecule has 206 valence electrons. The summed E-state index contributed by atoms with van der Waals surface area (Å²) in [5.74, 6) is -1.35. The summed E-state index contributed by atoms with van der Waals surface area (Å²) in [6.07, 6.45) is 0. The molecule has 0 aliphatic carbocycles. The number of sulfonamides is 1. The van der Waals surface area contributed by atoms with Crippen molar-refractivity contribution in [3.63, 3.8) is 0 Å². The largest absolute Gasteiger partial charge is 0.462 e. The van der Waals surface area contributed by atoms with Crippen molar-refractivity contribution in [2.45, 2.75) is 38.6 Å². The first-order chi connectivity index (χ1) is 18.5. The molecule has 1 aromatic heterocycles.